The fourth-order valence-electron chi connectivity index (χ4n) is 2.61. The molecule has 0 radical (unpaired) electrons. The molecule has 168 valence electrons. The second-order valence-electron chi connectivity index (χ2n) is 6.48. The average molecular weight is 464 g/mol. The maximum atomic E-state index is 12.8. The van der Waals surface area contributed by atoms with E-state index in [1.165, 1.54) is 35.8 Å². The number of thiazole rings is 1. The van der Waals surface area contributed by atoms with Gasteiger partial charge in [0.15, 0.2) is 16.6 Å². The summed E-state index contributed by atoms with van der Waals surface area (Å²) in [5.74, 6) is -0.0989. The van der Waals surface area contributed by atoms with Gasteiger partial charge in [-0.1, -0.05) is 6.07 Å². The molecule has 2 aromatic carbocycles. The van der Waals surface area contributed by atoms with Gasteiger partial charge in [0, 0.05) is 11.1 Å². The number of halogens is 3. The number of phenolic OH excluding ortho intramolecular Hbond substituents is 1. The Morgan fingerprint density at radius 3 is 2.84 bits per heavy atom. The lowest BCUT2D eigenvalue weighted by atomic mass is 10.2. The van der Waals surface area contributed by atoms with E-state index in [0.717, 1.165) is 12.1 Å². The number of alkyl halides is 3. The molecule has 32 heavy (non-hydrogen) atoms. The van der Waals surface area contributed by atoms with Crippen molar-refractivity contribution in [2.45, 2.75) is 19.5 Å². The summed E-state index contributed by atoms with van der Waals surface area (Å²) in [4.78, 5) is 16.3. The minimum Gasteiger partial charge on any atom is -0.504 e. The number of nitrogens with zero attached hydrogens (tertiary/aromatic N) is 2. The first-order valence-electron chi connectivity index (χ1n) is 9.41. The van der Waals surface area contributed by atoms with E-state index in [9.17, 15) is 23.1 Å². The summed E-state index contributed by atoms with van der Waals surface area (Å²) in [7, 11) is 0. The van der Waals surface area contributed by atoms with Crippen LogP contribution in [0.25, 0.3) is 0 Å². The van der Waals surface area contributed by atoms with E-state index in [0.29, 0.717) is 28.7 Å². The van der Waals surface area contributed by atoms with Crippen molar-refractivity contribution < 1.29 is 27.8 Å². The highest BCUT2D eigenvalue weighted by Crippen LogP contribution is 2.32. The molecule has 11 heteroatoms. The second kappa shape index (κ2) is 10.1. The van der Waals surface area contributed by atoms with Gasteiger partial charge in [0.25, 0.3) is 0 Å². The van der Waals surface area contributed by atoms with Crippen LogP contribution in [0.4, 0.5) is 24.0 Å². The molecule has 0 saturated carbocycles. The number of rotatable bonds is 8. The van der Waals surface area contributed by atoms with Gasteiger partial charge in [-0.2, -0.15) is 18.3 Å². The zero-order valence-corrected chi connectivity index (χ0v) is 17.6. The molecule has 0 aliphatic rings. The van der Waals surface area contributed by atoms with E-state index in [1.807, 2.05) is 0 Å². The van der Waals surface area contributed by atoms with Crippen molar-refractivity contribution in [1.82, 2.24) is 10.4 Å². The number of benzene rings is 2. The van der Waals surface area contributed by atoms with Crippen LogP contribution < -0.4 is 15.5 Å². The maximum Gasteiger partial charge on any atom is 0.416 e. The third-order valence-electron chi connectivity index (χ3n) is 4.02. The number of anilines is 2. The van der Waals surface area contributed by atoms with Gasteiger partial charge >= 0.3 is 6.18 Å². The molecule has 0 atom stereocenters. The normalized spacial score (nSPS) is 11.5. The first-order valence-corrected chi connectivity index (χ1v) is 10.3. The number of hydrogen-bond acceptors (Lipinski definition) is 7. The lowest BCUT2D eigenvalue weighted by Gasteiger charge is -2.08. The SMILES string of the molecule is CCOc1cc(/C=N\NC(=O)Cc2csc(Nc3cccc(C(F)(F)F)c3)n2)ccc1O. The molecule has 3 N–H and O–H groups in total. The zero-order chi connectivity index (χ0) is 23.1. The summed E-state index contributed by atoms with van der Waals surface area (Å²) in [6.07, 6.45) is -3.09. The minimum atomic E-state index is -4.44. The highest BCUT2D eigenvalue weighted by molar-refractivity contribution is 7.13. The minimum absolute atomic E-state index is 0.00566. The Hall–Kier alpha value is -3.60. The van der Waals surface area contributed by atoms with E-state index < -0.39 is 17.6 Å². The maximum absolute atomic E-state index is 12.8. The molecule has 0 aliphatic heterocycles. The molecule has 0 fully saturated rings. The van der Waals surface area contributed by atoms with Crippen LogP contribution in [0.3, 0.4) is 0 Å². The fourth-order valence-corrected chi connectivity index (χ4v) is 3.34. The van der Waals surface area contributed by atoms with Gasteiger partial charge in [0.1, 0.15) is 0 Å². The number of phenols is 1. The van der Waals surface area contributed by atoms with Gasteiger partial charge in [0.05, 0.1) is 30.5 Å². The molecule has 0 bridgehead atoms. The van der Waals surface area contributed by atoms with Crippen LogP contribution in [0.1, 0.15) is 23.7 Å². The zero-order valence-electron chi connectivity index (χ0n) is 16.8. The Labute approximate surface area is 185 Å². The average Bonchev–Trinajstić information content (AvgIpc) is 3.16. The van der Waals surface area contributed by atoms with Gasteiger partial charge in [-0.3, -0.25) is 4.79 Å². The van der Waals surface area contributed by atoms with Crippen molar-refractivity contribution in [3.05, 3.63) is 64.7 Å². The summed E-state index contributed by atoms with van der Waals surface area (Å²) in [5.41, 5.74) is 2.92. The third kappa shape index (κ3) is 6.45. The standard InChI is InChI=1S/C21H19F3N4O3S/c1-2-31-18-8-13(6-7-17(18)29)11-25-28-19(30)10-16-12-32-20(27-16)26-15-5-3-4-14(9-15)21(22,23)24/h3-9,11-12,29H,2,10H2,1H3,(H,26,27)(H,28,30)/b25-11-. The lowest BCUT2D eigenvalue weighted by molar-refractivity contribution is -0.137. The largest absolute Gasteiger partial charge is 0.504 e. The summed E-state index contributed by atoms with van der Waals surface area (Å²) in [6, 6.07) is 9.43. The predicted octanol–water partition coefficient (Wildman–Crippen LogP) is 4.70. The van der Waals surface area contributed by atoms with Crippen molar-refractivity contribution in [3.8, 4) is 11.5 Å². The van der Waals surface area contributed by atoms with E-state index in [-0.39, 0.29) is 17.9 Å². The van der Waals surface area contributed by atoms with E-state index in [2.05, 4.69) is 20.8 Å². The van der Waals surface area contributed by atoms with Crippen molar-refractivity contribution in [3.63, 3.8) is 0 Å². The van der Waals surface area contributed by atoms with Crippen molar-refractivity contribution >= 4 is 34.3 Å². The van der Waals surface area contributed by atoms with E-state index >= 15 is 0 Å². The smallest absolute Gasteiger partial charge is 0.416 e. The van der Waals surface area contributed by atoms with E-state index in [4.69, 9.17) is 4.74 Å². The number of amides is 1. The number of ether oxygens (including phenoxy) is 1. The van der Waals surface area contributed by atoms with Crippen LogP contribution in [-0.2, 0) is 17.4 Å². The van der Waals surface area contributed by atoms with Crippen LogP contribution in [0.5, 0.6) is 11.5 Å². The fraction of sp³-hybridized carbons (Fsp3) is 0.190. The topological polar surface area (TPSA) is 95.8 Å². The first-order chi connectivity index (χ1) is 15.2. The number of nitrogens with one attached hydrogen (secondary N) is 2. The monoisotopic (exact) mass is 464 g/mol. The van der Waals surface area contributed by atoms with Crippen molar-refractivity contribution in [1.29, 1.82) is 0 Å². The summed E-state index contributed by atoms with van der Waals surface area (Å²) >= 11 is 1.17. The predicted molar refractivity (Wildman–Crippen MR) is 116 cm³/mol. The molecule has 1 amide bonds. The Balaban J connectivity index is 1.55. The van der Waals surface area contributed by atoms with Gasteiger partial charge in [0.2, 0.25) is 5.91 Å². The Kier molecular flexibility index (Phi) is 7.31. The highest BCUT2D eigenvalue weighted by Gasteiger charge is 2.30. The van der Waals surface area contributed by atoms with Crippen LogP contribution in [0.15, 0.2) is 52.9 Å². The number of hydrazone groups is 1. The molecule has 0 aliphatic carbocycles. The number of carbonyl (C=O) groups excluding carboxylic acids is 1. The molecular weight excluding hydrogens is 445 g/mol. The quantitative estimate of drug-likeness (QED) is 0.332. The van der Waals surface area contributed by atoms with Crippen LogP contribution in [0, 0.1) is 0 Å². The molecule has 7 nitrogen and oxygen atoms in total. The molecule has 0 saturated heterocycles. The lowest BCUT2D eigenvalue weighted by Crippen LogP contribution is -2.19. The van der Waals surface area contributed by atoms with Gasteiger partial charge in [-0.05, 0) is 48.9 Å². The second-order valence-corrected chi connectivity index (χ2v) is 7.34. The first kappa shape index (κ1) is 23.1. The molecule has 1 aromatic heterocycles. The van der Waals surface area contributed by atoms with Gasteiger partial charge < -0.3 is 15.2 Å². The molecular formula is C21H19F3N4O3S. The molecule has 0 unspecified atom stereocenters. The molecule has 3 rings (SSSR count). The number of aromatic nitrogens is 1. The number of aromatic hydroxyl groups is 1. The Bertz CT molecular complexity index is 1120. The van der Waals surface area contributed by atoms with Crippen LogP contribution in [-0.4, -0.2) is 28.8 Å². The Morgan fingerprint density at radius 2 is 2.09 bits per heavy atom. The van der Waals surface area contributed by atoms with Crippen molar-refractivity contribution in [2.24, 2.45) is 5.10 Å². The van der Waals surface area contributed by atoms with Crippen LogP contribution >= 0.6 is 11.3 Å². The van der Waals surface area contributed by atoms with Gasteiger partial charge in [-0.15, -0.1) is 11.3 Å². The number of carbonyl (C=O) groups is 1. The summed E-state index contributed by atoms with van der Waals surface area (Å²) in [5, 5.41) is 18.4. The number of hydrogen-bond donors (Lipinski definition) is 3. The summed E-state index contributed by atoms with van der Waals surface area (Å²) in [6.45, 7) is 2.18. The summed E-state index contributed by atoms with van der Waals surface area (Å²) < 4.78 is 43.8. The van der Waals surface area contributed by atoms with Crippen molar-refractivity contribution in [2.75, 3.05) is 11.9 Å². The highest BCUT2D eigenvalue weighted by atomic mass is 32.1. The van der Waals surface area contributed by atoms with E-state index in [1.54, 1.807) is 24.4 Å². The molecule has 3 aromatic rings. The third-order valence-corrected chi connectivity index (χ3v) is 4.83. The molecule has 0 spiro atoms. The van der Waals surface area contributed by atoms with Crippen LogP contribution in [0.2, 0.25) is 0 Å². The van der Waals surface area contributed by atoms with Gasteiger partial charge in [-0.25, -0.2) is 10.4 Å². The Morgan fingerprint density at radius 1 is 1.28 bits per heavy atom. The molecule has 1 heterocycles.